The van der Waals surface area contributed by atoms with Gasteiger partial charge in [-0.05, 0) is 38.1 Å². The van der Waals surface area contributed by atoms with Crippen molar-refractivity contribution in [2.24, 2.45) is 5.92 Å². The smallest absolute Gasteiger partial charge is 0.220 e. The third kappa shape index (κ3) is 4.89. The molecule has 1 heterocycles. The van der Waals surface area contributed by atoms with Crippen molar-refractivity contribution in [3.05, 3.63) is 0 Å². The maximum absolute atomic E-state index is 11.7. The summed E-state index contributed by atoms with van der Waals surface area (Å²) in [4.78, 5) is 11.7. The Morgan fingerprint density at radius 2 is 2.47 bits per heavy atom. The van der Waals surface area contributed by atoms with Crippen LogP contribution in [-0.4, -0.2) is 37.0 Å². The van der Waals surface area contributed by atoms with E-state index < -0.39 is 0 Å². The first-order chi connectivity index (χ1) is 7.26. The molecular formula is C11H22N2OS. The summed E-state index contributed by atoms with van der Waals surface area (Å²) in [5, 5.41) is 6.39. The van der Waals surface area contributed by atoms with Crippen molar-refractivity contribution in [1.82, 2.24) is 10.6 Å². The molecular weight excluding hydrogens is 208 g/mol. The highest BCUT2D eigenvalue weighted by atomic mass is 32.2. The van der Waals surface area contributed by atoms with E-state index in [1.54, 1.807) is 11.8 Å². The second-order valence-corrected chi connectivity index (χ2v) is 5.10. The van der Waals surface area contributed by atoms with Gasteiger partial charge in [-0.1, -0.05) is 6.92 Å². The topological polar surface area (TPSA) is 41.1 Å². The Morgan fingerprint density at radius 1 is 1.67 bits per heavy atom. The van der Waals surface area contributed by atoms with E-state index in [4.69, 9.17) is 0 Å². The molecule has 2 atom stereocenters. The van der Waals surface area contributed by atoms with Gasteiger partial charge in [-0.2, -0.15) is 11.8 Å². The fourth-order valence-corrected chi connectivity index (χ4v) is 2.62. The van der Waals surface area contributed by atoms with Crippen molar-refractivity contribution in [2.75, 3.05) is 25.1 Å². The summed E-state index contributed by atoms with van der Waals surface area (Å²) < 4.78 is 0. The largest absolute Gasteiger partial charge is 0.353 e. The molecule has 0 aromatic carbocycles. The van der Waals surface area contributed by atoms with Gasteiger partial charge < -0.3 is 10.6 Å². The van der Waals surface area contributed by atoms with Crippen molar-refractivity contribution in [3.8, 4) is 0 Å². The molecule has 3 nitrogen and oxygen atoms in total. The van der Waals surface area contributed by atoms with Gasteiger partial charge in [-0.3, -0.25) is 4.79 Å². The highest BCUT2D eigenvalue weighted by Gasteiger charge is 2.19. The lowest BCUT2D eigenvalue weighted by Crippen LogP contribution is -2.37. The number of carbonyl (C=O) groups excluding carboxylic acids is 1. The quantitative estimate of drug-likeness (QED) is 0.721. The average molecular weight is 230 g/mol. The van der Waals surface area contributed by atoms with E-state index in [2.05, 4.69) is 23.8 Å². The molecule has 4 heteroatoms. The van der Waals surface area contributed by atoms with Crippen LogP contribution in [0.5, 0.6) is 0 Å². The zero-order chi connectivity index (χ0) is 11.1. The fraction of sp³-hybridized carbons (Fsp3) is 0.909. The minimum atomic E-state index is 0.226. The van der Waals surface area contributed by atoms with Crippen LogP contribution in [0.2, 0.25) is 0 Å². The summed E-state index contributed by atoms with van der Waals surface area (Å²) in [5.41, 5.74) is 0. The maximum Gasteiger partial charge on any atom is 0.220 e. The lowest BCUT2D eigenvalue weighted by molar-refractivity contribution is -0.122. The molecule has 88 valence electrons. The third-order valence-electron chi connectivity index (χ3n) is 2.86. The van der Waals surface area contributed by atoms with Crippen LogP contribution in [0.1, 0.15) is 26.2 Å². The number of carbonyl (C=O) groups is 1. The minimum Gasteiger partial charge on any atom is -0.353 e. The van der Waals surface area contributed by atoms with Crippen LogP contribution >= 0.6 is 11.8 Å². The van der Waals surface area contributed by atoms with Crippen molar-refractivity contribution in [2.45, 2.75) is 32.2 Å². The predicted octanol–water partition coefficient (Wildman–Crippen LogP) is 1.24. The van der Waals surface area contributed by atoms with E-state index in [0.717, 1.165) is 31.7 Å². The lowest BCUT2D eigenvalue weighted by Gasteiger charge is -2.17. The van der Waals surface area contributed by atoms with Gasteiger partial charge in [0.15, 0.2) is 0 Å². The molecule has 0 saturated carbocycles. The molecule has 1 rings (SSSR count). The molecule has 1 aliphatic rings. The van der Waals surface area contributed by atoms with E-state index in [-0.39, 0.29) is 5.91 Å². The van der Waals surface area contributed by atoms with E-state index in [0.29, 0.717) is 18.4 Å². The van der Waals surface area contributed by atoms with Gasteiger partial charge >= 0.3 is 0 Å². The van der Waals surface area contributed by atoms with Crippen molar-refractivity contribution in [1.29, 1.82) is 0 Å². The monoisotopic (exact) mass is 230 g/mol. The molecule has 0 aromatic heterocycles. The molecule has 1 aliphatic heterocycles. The van der Waals surface area contributed by atoms with Gasteiger partial charge in [0.1, 0.15) is 0 Å². The zero-order valence-electron chi connectivity index (χ0n) is 9.71. The highest BCUT2D eigenvalue weighted by molar-refractivity contribution is 7.98. The van der Waals surface area contributed by atoms with Crippen LogP contribution in [0.3, 0.4) is 0 Å². The Kier molecular flexibility index (Phi) is 6.10. The van der Waals surface area contributed by atoms with E-state index in [9.17, 15) is 4.79 Å². The van der Waals surface area contributed by atoms with Crippen molar-refractivity contribution in [3.63, 3.8) is 0 Å². The van der Waals surface area contributed by atoms with Gasteiger partial charge in [-0.15, -0.1) is 0 Å². The third-order valence-corrected chi connectivity index (χ3v) is 3.60. The summed E-state index contributed by atoms with van der Waals surface area (Å²) in [5.74, 6) is 1.80. The Hall–Kier alpha value is -0.220. The molecule has 2 N–H and O–H groups in total. The summed E-state index contributed by atoms with van der Waals surface area (Å²) >= 11 is 1.79. The van der Waals surface area contributed by atoms with Gasteiger partial charge in [-0.25, -0.2) is 0 Å². The molecule has 15 heavy (non-hydrogen) atoms. The first-order valence-electron chi connectivity index (χ1n) is 5.75. The van der Waals surface area contributed by atoms with Crippen LogP contribution in [0.15, 0.2) is 0 Å². The standard InChI is InChI=1S/C11H22N2OS/c1-3-10(8-15-2)13-11(14)6-9-4-5-12-7-9/h9-10,12H,3-8H2,1-2H3,(H,13,14). The summed E-state index contributed by atoms with van der Waals surface area (Å²) in [6.45, 7) is 4.20. The Balaban J connectivity index is 2.20. The van der Waals surface area contributed by atoms with Crippen LogP contribution < -0.4 is 10.6 Å². The van der Waals surface area contributed by atoms with Crippen LogP contribution in [0.4, 0.5) is 0 Å². The van der Waals surface area contributed by atoms with Crippen molar-refractivity contribution >= 4 is 17.7 Å². The molecule has 1 saturated heterocycles. The van der Waals surface area contributed by atoms with Gasteiger partial charge in [0.2, 0.25) is 5.91 Å². The Morgan fingerprint density at radius 3 is 3.00 bits per heavy atom. The second kappa shape index (κ2) is 7.12. The van der Waals surface area contributed by atoms with E-state index >= 15 is 0 Å². The SMILES string of the molecule is CCC(CSC)NC(=O)CC1CCNC1. The second-order valence-electron chi connectivity index (χ2n) is 4.19. The van der Waals surface area contributed by atoms with E-state index in [1.807, 2.05) is 0 Å². The lowest BCUT2D eigenvalue weighted by atomic mass is 10.0. The molecule has 1 amide bonds. The normalized spacial score (nSPS) is 22.7. The first-order valence-corrected chi connectivity index (χ1v) is 7.14. The Bertz CT molecular complexity index is 193. The molecule has 2 unspecified atom stereocenters. The maximum atomic E-state index is 11.7. The molecule has 0 aliphatic carbocycles. The van der Waals surface area contributed by atoms with Crippen LogP contribution in [-0.2, 0) is 4.79 Å². The van der Waals surface area contributed by atoms with Crippen molar-refractivity contribution < 1.29 is 4.79 Å². The summed E-state index contributed by atoms with van der Waals surface area (Å²) in [7, 11) is 0. The van der Waals surface area contributed by atoms with Gasteiger partial charge in [0, 0.05) is 18.2 Å². The number of nitrogens with one attached hydrogen (secondary N) is 2. The average Bonchev–Trinajstić information content (AvgIpc) is 2.69. The molecule has 0 radical (unpaired) electrons. The fourth-order valence-electron chi connectivity index (χ4n) is 1.90. The Labute approximate surface area is 96.8 Å². The molecule has 0 bridgehead atoms. The number of hydrogen-bond donors (Lipinski definition) is 2. The molecule has 1 fully saturated rings. The van der Waals surface area contributed by atoms with Gasteiger partial charge in [0.05, 0.1) is 0 Å². The first kappa shape index (κ1) is 12.8. The zero-order valence-corrected chi connectivity index (χ0v) is 10.5. The molecule has 0 spiro atoms. The number of thioether (sulfide) groups is 1. The summed E-state index contributed by atoms with van der Waals surface area (Å²) in [6, 6.07) is 0.349. The van der Waals surface area contributed by atoms with E-state index in [1.165, 1.54) is 0 Å². The highest BCUT2D eigenvalue weighted by Crippen LogP contribution is 2.12. The number of amides is 1. The minimum absolute atomic E-state index is 0.226. The number of rotatable bonds is 6. The predicted molar refractivity (Wildman–Crippen MR) is 66.2 cm³/mol. The summed E-state index contributed by atoms with van der Waals surface area (Å²) in [6.07, 6.45) is 4.94. The molecule has 0 aromatic rings. The van der Waals surface area contributed by atoms with Gasteiger partial charge in [0.25, 0.3) is 0 Å². The number of hydrogen-bond acceptors (Lipinski definition) is 3. The van der Waals surface area contributed by atoms with Crippen LogP contribution in [0, 0.1) is 5.92 Å². The van der Waals surface area contributed by atoms with Crippen LogP contribution in [0.25, 0.3) is 0 Å².